The van der Waals surface area contributed by atoms with Crippen LogP contribution in [-0.4, -0.2) is 34.6 Å². The van der Waals surface area contributed by atoms with Crippen LogP contribution in [0.2, 0.25) is 0 Å². The standard InChI is InChI=1S/C16H23N5O.HI/c1-5-17-16(18-10-15-19-13(3)22-20-15)21(4)11-14-9-7-6-8-12(14)2;/h6-9H,5,10-11H2,1-4H3,(H,17,18);1H. The molecular weight excluding hydrogens is 405 g/mol. The minimum atomic E-state index is 0. The summed E-state index contributed by atoms with van der Waals surface area (Å²) in [5, 5.41) is 7.15. The van der Waals surface area contributed by atoms with Crippen molar-refractivity contribution < 1.29 is 4.52 Å². The molecule has 0 amide bonds. The summed E-state index contributed by atoms with van der Waals surface area (Å²) in [6.45, 7) is 7.95. The molecule has 0 spiro atoms. The first kappa shape index (κ1) is 19.4. The fourth-order valence-electron chi connectivity index (χ4n) is 2.14. The lowest BCUT2D eigenvalue weighted by Gasteiger charge is -2.22. The summed E-state index contributed by atoms with van der Waals surface area (Å²) in [5.41, 5.74) is 2.56. The van der Waals surface area contributed by atoms with E-state index >= 15 is 0 Å². The van der Waals surface area contributed by atoms with Crippen molar-refractivity contribution in [1.29, 1.82) is 0 Å². The molecule has 0 aliphatic rings. The lowest BCUT2D eigenvalue weighted by atomic mass is 10.1. The number of rotatable bonds is 5. The van der Waals surface area contributed by atoms with Gasteiger partial charge in [-0.15, -0.1) is 24.0 Å². The second-order valence-electron chi connectivity index (χ2n) is 5.18. The normalized spacial score (nSPS) is 11.0. The second kappa shape index (κ2) is 9.49. The highest BCUT2D eigenvalue weighted by Crippen LogP contribution is 2.09. The summed E-state index contributed by atoms with van der Waals surface area (Å²) in [6, 6.07) is 8.37. The number of hydrogen-bond acceptors (Lipinski definition) is 4. The monoisotopic (exact) mass is 429 g/mol. The van der Waals surface area contributed by atoms with Gasteiger partial charge in [0.15, 0.2) is 11.8 Å². The molecule has 0 aliphatic heterocycles. The zero-order valence-corrected chi connectivity index (χ0v) is 16.4. The Kier molecular flexibility index (Phi) is 8.01. The molecule has 0 radical (unpaired) electrons. The third-order valence-electron chi connectivity index (χ3n) is 3.31. The Bertz CT molecular complexity index is 641. The molecule has 23 heavy (non-hydrogen) atoms. The van der Waals surface area contributed by atoms with Gasteiger partial charge in [-0.05, 0) is 25.0 Å². The third-order valence-corrected chi connectivity index (χ3v) is 3.31. The average Bonchev–Trinajstić information content (AvgIpc) is 2.91. The van der Waals surface area contributed by atoms with Crippen molar-refractivity contribution in [1.82, 2.24) is 20.4 Å². The van der Waals surface area contributed by atoms with E-state index in [-0.39, 0.29) is 24.0 Å². The Balaban J connectivity index is 0.00000264. The van der Waals surface area contributed by atoms with Crippen LogP contribution >= 0.6 is 24.0 Å². The van der Waals surface area contributed by atoms with Crippen LogP contribution in [0.25, 0.3) is 0 Å². The predicted octanol–water partition coefficient (Wildman–Crippen LogP) is 2.90. The van der Waals surface area contributed by atoms with Gasteiger partial charge in [-0.1, -0.05) is 29.4 Å². The minimum absolute atomic E-state index is 0. The van der Waals surface area contributed by atoms with Crippen LogP contribution in [0.3, 0.4) is 0 Å². The molecule has 0 fully saturated rings. The van der Waals surface area contributed by atoms with Gasteiger partial charge in [0.05, 0.1) is 0 Å². The van der Waals surface area contributed by atoms with Crippen molar-refractivity contribution in [2.24, 2.45) is 4.99 Å². The van der Waals surface area contributed by atoms with Crippen LogP contribution in [-0.2, 0) is 13.1 Å². The maximum absolute atomic E-state index is 4.96. The molecule has 6 nitrogen and oxygen atoms in total. The van der Waals surface area contributed by atoms with Crippen LogP contribution in [0, 0.1) is 13.8 Å². The molecule has 126 valence electrons. The van der Waals surface area contributed by atoms with Crippen molar-refractivity contribution >= 4 is 29.9 Å². The molecule has 0 aliphatic carbocycles. The first-order valence-electron chi connectivity index (χ1n) is 7.43. The van der Waals surface area contributed by atoms with Gasteiger partial charge in [0.2, 0.25) is 5.89 Å². The lowest BCUT2D eigenvalue weighted by Crippen LogP contribution is -2.38. The van der Waals surface area contributed by atoms with Crippen molar-refractivity contribution in [2.45, 2.75) is 33.9 Å². The first-order valence-corrected chi connectivity index (χ1v) is 7.43. The molecule has 7 heteroatoms. The second-order valence-corrected chi connectivity index (χ2v) is 5.18. The van der Waals surface area contributed by atoms with Gasteiger partial charge in [0.25, 0.3) is 0 Å². The van der Waals surface area contributed by atoms with E-state index in [1.54, 1.807) is 6.92 Å². The van der Waals surface area contributed by atoms with Gasteiger partial charge in [-0.3, -0.25) is 0 Å². The van der Waals surface area contributed by atoms with Gasteiger partial charge in [-0.25, -0.2) is 4.99 Å². The topological polar surface area (TPSA) is 66.5 Å². The highest BCUT2D eigenvalue weighted by molar-refractivity contribution is 14.0. The van der Waals surface area contributed by atoms with Gasteiger partial charge >= 0.3 is 0 Å². The van der Waals surface area contributed by atoms with E-state index < -0.39 is 0 Å². The Morgan fingerprint density at radius 3 is 2.65 bits per heavy atom. The quantitative estimate of drug-likeness (QED) is 0.450. The van der Waals surface area contributed by atoms with Crippen molar-refractivity contribution in [3.05, 3.63) is 47.1 Å². The van der Waals surface area contributed by atoms with Gasteiger partial charge < -0.3 is 14.7 Å². The highest BCUT2D eigenvalue weighted by atomic mass is 127. The molecule has 0 atom stereocenters. The van der Waals surface area contributed by atoms with Gasteiger partial charge in [0, 0.05) is 27.1 Å². The number of halogens is 1. The number of aliphatic imine (C=N–C) groups is 1. The van der Waals surface area contributed by atoms with Crippen LogP contribution in [0.4, 0.5) is 0 Å². The maximum Gasteiger partial charge on any atom is 0.223 e. The number of hydrogen-bond donors (Lipinski definition) is 1. The SMILES string of the molecule is CCNC(=NCc1noc(C)n1)N(C)Cc1ccccc1C.I. The maximum atomic E-state index is 4.96. The Labute approximate surface area is 154 Å². The van der Waals surface area contributed by atoms with Crippen molar-refractivity contribution in [3.63, 3.8) is 0 Å². The van der Waals surface area contributed by atoms with Crippen LogP contribution < -0.4 is 5.32 Å². The summed E-state index contributed by atoms with van der Waals surface area (Å²) in [4.78, 5) is 10.8. The van der Waals surface area contributed by atoms with E-state index in [0.717, 1.165) is 19.0 Å². The molecule has 0 saturated heterocycles. The molecular formula is C16H24IN5O. The average molecular weight is 429 g/mol. The van der Waals surface area contributed by atoms with E-state index in [9.17, 15) is 0 Å². The first-order chi connectivity index (χ1) is 10.6. The summed E-state index contributed by atoms with van der Waals surface area (Å²) >= 11 is 0. The van der Waals surface area contributed by atoms with Gasteiger partial charge in [0.1, 0.15) is 6.54 Å². The number of benzene rings is 1. The molecule has 0 unspecified atom stereocenters. The smallest absolute Gasteiger partial charge is 0.223 e. The molecule has 0 saturated carbocycles. The van der Waals surface area contributed by atoms with E-state index in [0.29, 0.717) is 18.3 Å². The Morgan fingerprint density at radius 1 is 1.30 bits per heavy atom. The fourth-order valence-corrected chi connectivity index (χ4v) is 2.14. The molecule has 2 aromatic rings. The van der Waals surface area contributed by atoms with E-state index in [1.165, 1.54) is 11.1 Å². The summed E-state index contributed by atoms with van der Waals surface area (Å²) in [5.74, 6) is 1.98. The van der Waals surface area contributed by atoms with Crippen molar-refractivity contribution in [3.8, 4) is 0 Å². The van der Waals surface area contributed by atoms with Gasteiger partial charge in [-0.2, -0.15) is 4.98 Å². The third kappa shape index (κ3) is 5.81. The van der Waals surface area contributed by atoms with Crippen LogP contribution in [0.15, 0.2) is 33.8 Å². The summed E-state index contributed by atoms with van der Waals surface area (Å²) in [6.07, 6.45) is 0. The van der Waals surface area contributed by atoms with Crippen LogP contribution in [0.1, 0.15) is 29.8 Å². The van der Waals surface area contributed by atoms with E-state index in [4.69, 9.17) is 4.52 Å². The van der Waals surface area contributed by atoms with Crippen LogP contribution in [0.5, 0.6) is 0 Å². The van der Waals surface area contributed by atoms with E-state index in [1.807, 2.05) is 7.05 Å². The highest BCUT2D eigenvalue weighted by Gasteiger charge is 2.09. The zero-order valence-electron chi connectivity index (χ0n) is 14.0. The molecule has 1 N–H and O–H groups in total. The number of aromatic nitrogens is 2. The molecule has 1 aromatic heterocycles. The summed E-state index contributed by atoms with van der Waals surface area (Å²) < 4.78 is 4.96. The predicted molar refractivity (Wildman–Crippen MR) is 102 cm³/mol. The van der Waals surface area contributed by atoms with E-state index in [2.05, 4.69) is 63.5 Å². The Morgan fingerprint density at radius 2 is 2.04 bits per heavy atom. The van der Waals surface area contributed by atoms with Crippen molar-refractivity contribution in [2.75, 3.05) is 13.6 Å². The fraction of sp³-hybridized carbons (Fsp3) is 0.438. The molecule has 0 bridgehead atoms. The minimum Gasteiger partial charge on any atom is -0.357 e. The number of aryl methyl sites for hydroxylation is 2. The summed E-state index contributed by atoms with van der Waals surface area (Å²) in [7, 11) is 2.02. The number of guanidine groups is 1. The zero-order chi connectivity index (χ0) is 15.9. The molecule has 1 heterocycles. The largest absolute Gasteiger partial charge is 0.357 e. The number of nitrogens with one attached hydrogen (secondary N) is 1. The molecule has 2 rings (SSSR count). The lowest BCUT2D eigenvalue weighted by molar-refractivity contribution is 0.387. The number of nitrogens with zero attached hydrogens (tertiary/aromatic N) is 4. The molecule has 1 aromatic carbocycles. The Hall–Kier alpha value is -1.64.